The van der Waals surface area contributed by atoms with Gasteiger partial charge in [0.2, 0.25) is 0 Å². The van der Waals surface area contributed by atoms with Gasteiger partial charge in [-0.25, -0.2) is 4.39 Å². The normalized spacial score (nSPS) is 26.1. The Balaban J connectivity index is 2.24. The number of hydrogen-bond acceptors (Lipinski definition) is 2. The van der Waals surface area contributed by atoms with Crippen molar-refractivity contribution in [2.24, 2.45) is 11.8 Å². The molecular formula is C18H29FN2. The third-order valence-corrected chi connectivity index (χ3v) is 4.69. The molecular weight excluding hydrogens is 263 g/mol. The number of hydrogen-bond donors (Lipinski definition) is 1. The number of piperidine rings is 1. The lowest BCUT2D eigenvalue weighted by molar-refractivity contribution is 0.296. The molecule has 0 saturated carbocycles. The molecule has 3 heteroatoms. The highest BCUT2D eigenvalue weighted by Crippen LogP contribution is 2.33. The molecule has 2 rings (SSSR count). The summed E-state index contributed by atoms with van der Waals surface area (Å²) in [7, 11) is 0. The SMILES string of the molecule is CCCNCc1cc(F)ccc1N1CC(C)CC(C)C1C. The predicted octanol–water partition coefficient (Wildman–Crippen LogP) is 4.20. The van der Waals surface area contributed by atoms with Crippen LogP contribution in [0.2, 0.25) is 0 Å². The Kier molecular flexibility index (Phi) is 5.63. The molecule has 0 aliphatic carbocycles. The standard InChI is InChI=1S/C18H29FN2/c1-5-8-20-11-16-10-17(19)6-7-18(16)21-12-13(2)9-14(3)15(21)4/h6-7,10,13-15,20H,5,8-9,11-12H2,1-4H3. The van der Waals surface area contributed by atoms with Crippen LogP contribution >= 0.6 is 0 Å². The zero-order chi connectivity index (χ0) is 15.4. The monoisotopic (exact) mass is 292 g/mol. The van der Waals surface area contributed by atoms with Crippen molar-refractivity contribution < 1.29 is 4.39 Å². The summed E-state index contributed by atoms with van der Waals surface area (Å²) in [5.41, 5.74) is 2.28. The van der Waals surface area contributed by atoms with Gasteiger partial charge in [-0.1, -0.05) is 20.8 Å². The first-order valence-electron chi connectivity index (χ1n) is 8.28. The second-order valence-electron chi connectivity index (χ2n) is 6.66. The van der Waals surface area contributed by atoms with E-state index in [1.165, 1.54) is 12.1 Å². The van der Waals surface area contributed by atoms with E-state index in [1.54, 1.807) is 12.1 Å². The second-order valence-corrected chi connectivity index (χ2v) is 6.66. The van der Waals surface area contributed by atoms with Crippen LogP contribution < -0.4 is 10.2 Å². The first-order chi connectivity index (χ1) is 10.0. The van der Waals surface area contributed by atoms with Crippen LogP contribution in [0.1, 0.15) is 46.1 Å². The van der Waals surface area contributed by atoms with Gasteiger partial charge in [0, 0.05) is 24.8 Å². The van der Waals surface area contributed by atoms with E-state index in [2.05, 4.69) is 37.9 Å². The maximum Gasteiger partial charge on any atom is 0.123 e. The molecule has 0 aromatic heterocycles. The van der Waals surface area contributed by atoms with Crippen LogP contribution in [0.15, 0.2) is 18.2 Å². The smallest absolute Gasteiger partial charge is 0.123 e. The molecule has 3 atom stereocenters. The number of nitrogens with zero attached hydrogens (tertiary/aromatic N) is 1. The van der Waals surface area contributed by atoms with E-state index in [9.17, 15) is 4.39 Å². The van der Waals surface area contributed by atoms with E-state index >= 15 is 0 Å². The highest BCUT2D eigenvalue weighted by molar-refractivity contribution is 5.55. The van der Waals surface area contributed by atoms with E-state index in [4.69, 9.17) is 0 Å². The molecule has 1 aromatic rings. The van der Waals surface area contributed by atoms with Gasteiger partial charge >= 0.3 is 0 Å². The minimum absolute atomic E-state index is 0.141. The van der Waals surface area contributed by atoms with Crippen LogP contribution in [-0.4, -0.2) is 19.1 Å². The Labute approximate surface area is 128 Å². The van der Waals surface area contributed by atoms with Crippen molar-refractivity contribution in [2.75, 3.05) is 18.0 Å². The van der Waals surface area contributed by atoms with Crippen LogP contribution in [0.5, 0.6) is 0 Å². The quantitative estimate of drug-likeness (QED) is 0.818. The zero-order valence-electron chi connectivity index (χ0n) is 13.8. The van der Waals surface area contributed by atoms with E-state index in [1.807, 2.05) is 6.07 Å². The summed E-state index contributed by atoms with van der Waals surface area (Å²) in [4.78, 5) is 2.47. The third-order valence-electron chi connectivity index (χ3n) is 4.69. The molecule has 1 aromatic carbocycles. The van der Waals surface area contributed by atoms with Crippen LogP contribution in [0.3, 0.4) is 0 Å². The highest BCUT2D eigenvalue weighted by atomic mass is 19.1. The lowest BCUT2D eigenvalue weighted by Crippen LogP contribution is -2.46. The molecule has 21 heavy (non-hydrogen) atoms. The lowest BCUT2D eigenvalue weighted by Gasteiger charge is -2.43. The van der Waals surface area contributed by atoms with Crippen molar-refractivity contribution in [3.05, 3.63) is 29.6 Å². The van der Waals surface area contributed by atoms with Crippen molar-refractivity contribution >= 4 is 5.69 Å². The van der Waals surface area contributed by atoms with Gasteiger partial charge < -0.3 is 10.2 Å². The number of rotatable bonds is 5. The van der Waals surface area contributed by atoms with Gasteiger partial charge in [-0.2, -0.15) is 0 Å². The molecule has 1 fully saturated rings. The van der Waals surface area contributed by atoms with Crippen molar-refractivity contribution in [3.8, 4) is 0 Å². The first-order valence-corrected chi connectivity index (χ1v) is 8.28. The number of anilines is 1. The van der Waals surface area contributed by atoms with Gasteiger partial charge in [0.25, 0.3) is 0 Å². The Morgan fingerprint density at radius 2 is 2.05 bits per heavy atom. The second kappa shape index (κ2) is 7.26. The number of halogens is 1. The van der Waals surface area contributed by atoms with E-state index in [0.29, 0.717) is 17.9 Å². The Hall–Kier alpha value is -1.09. The Morgan fingerprint density at radius 3 is 2.76 bits per heavy atom. The van der Waals surface area contributed by atoms with E-state index in [0.717, 1.165) is 31.6 Å². The van der Waals surface area contributed by atoms with Crippen molar-refractivity contribution in [3.63, 3.8) is 0 Å². The van der Waals surface area contributed by atoms with Crippen molar-refractivity contribution in [1.82, 2.24) is 5.32 Å². The summed E-state index contributed by atoms with van der Waals surface area (Å²) < 4.78 is 13.6. The molecule has 118 valence electrons. The molecule has 0 radical (unpaired) electrons. The van der Waals surface area contributed by atoms with E-state index in [-0.39, 0.29) is 5.82 Å². The number of nitrogens with one attached hydrogen (secondary N) is 1. The number of benzene rings is 1. The molecule has 0 spiro atoms. The van der Waals surface area contributed by atoms with Gasteiger partial charge in [-0.15, -0.1) is 0 Å². The fraction of sp³-hybridized carbons (Fsp3) is 0.667. The van der Waals surface area contributed by atoms with Crippen LogP contribution in [0, 0.1) is 17.7 Å². The molecule has 3 unspecified atom stereocenters. The fourth-order valence-corrected chi connectivity index (χ4v) is 3.41. The summed E-state index contributed by atoms with van der Waals surface area (Å²) in [6.07, 6.45) is 2.38. The predicted molar refractivity (Wildman–Crippen MR) is 88.2 cm³/mol. The van der Waals surface area contributed by atoms with Gasteiger partial charge in [0.1, 0.15) is 5.82 Å². The zero-order valence-corrected chi connectivity index (χ0v) is 13.8. The Bertz CT molecular complexity index is 461. The van der Waals surface area contributed by atoms with Crippen molar-refractivity contribution in [1.29, 1.82) is 0 Å². The molecule has 2 nitrogen and oxygen atoms in total. The van der Waals surface area contributed by atoms with Gasteiger partial charge in [-0.3, -0.25) is 0 Å². The Morgan fingerprint density at radius 1 is 1.29 bits per heavy atom. The van der Waals surface area contributed by atoms with Gasteiger partial charge in [0.15, 0.2) is 0 Å². The molecule has 1 aliphatic rings. The summed E-state index contributed by atoms with van der Waals surface area (Å²) in [6, 6.07) is 5.75. The van der Waals surface area contributed by atoms with Crippen LogP contribution in [-0.2, 0) is 6.54 Å². The largest absolute Gasteiger partial charge is 0.368 e. The summed E-state index contributed by atoms with van der Waals surface area (Å²) >= 11 is 0. The topological polar surface area (TPSA) is 15.3 Å². The molecule has 1 N–H and O–H groups in total. The average Bonchev–Trinajstić information content (AvgIpc) is 2.44. The van der Waals surface area contributed by atoms with Crippen molar-refractivity contribution in [2.45, 2.75) is 53.1 Å². The minimum atomic E-state index is -0.141. The van der Waals surface area contributed by atoms with Gasteiger partial charge in [0.05, 0.1) is 0 Å². The average molecular weight is 292 g/mol. The summed E-state index contributed by atoms with van der Waals surface area (Å²) in [5, 5.41) is 3.40. The molecule has 0 bridgehead atoms. The maximum atomic E-state index is 13.6. The first kappa shape index (κ1) is 16.3. The lowest BCUT2D eigenvalue weighted by atomic mass is 9.85. The molecule has 1 saturated heterocycles. The van der Waals surface area contributed by atoms with Crippen LogP contribution in [0.4, 0.5) is 10.1 Å². The van der Waals surface area contributed by atoms with Crippen LogP contribution in [0.25, 0.3) is 0 Å². The van der Waals surface area contributed by atoms with Gasteiger partial charge in [-0.05, 0) is 61.9 Å². The molecule has 0 amide bonds. The minimum Gasteiger partial charge on any atom is -0.368 e. The highest BCUT2D eigenvalue weighted by Gasteiger charge is 2.29. The van der Waals surface area contributed by atoms with E-state index < -0.39 is 0 Å². The fourth-order valence-electron chi connectivity index (χ4n) is 3.41. The molecule has 1 heterocycles. The summed E-state index contributed by atoms with van der Waals surface area (Å²) in [5.74, 6) is 1.23. The molecule has 1 aliphatic heterocycles. The summed E-state index contributed by atoms with van der Waals surface area (Å²) in [6.45, 7) is 11.9. The maximum absolute atomic E-state index is 13.6. The third kappa shape index (κ3) is 3.97.